The van der Waals surface area contributed by atoms with Crippen LogP contribution in [0.3, 0.4) is 0 Å². The molecule has 0 aromatic heterocycles. The van der Waals surface area contributed by atoms with E-state index in [1.165, 1.54) is 7.11 Å². The first kappa shape index (κ1) is 13.5. The molecule has 0 saturated heterocycles. The van der Waals surface area contributed by atoms with Gasteiger partial charge in [-0.2, -0.15) is 0 Å². The van der Waals surface area contributed by atoms with E-state index in [1.807, 2.05) is 13.8 Å². The maximum absolute atomic E-state index is 11.5. The van der Waals surface area contributed by atoms with Crippen LogP contribution in [-0.4, -0.2) is 36.9 Å². The van der Waals surface area contributed by atoms with Crippen LogP contribution in [0.5, 0.6) is 0 Å². The predicted molar refractivity (Wildman–Crippen MR) is 62.1 cm³/mol. The van der Waals surface area contributed by atoms with Gasteiger partial charge < -0.3 is 15.2 Å². The summed E-state index contributed by atoms with van der Waals surface area (Å²) >= 11 is 0. The highest BCUT2D eigenvalue weighted by Crippen LogP contribution is 2.21. The Labute approximate surface area is 97.4 Å². The maximum Gasteiger partial charge on any atom is 0.312 e. The highest BCUT2D eigenvalue weighted by atomic mass is 16.5. The van der Waals surface area contributed by atoms with Crippen LogP contribution >= 0.6 is 0 Å². The lowest BCUT2D eigenvalue weighted by Gasteiger charge is -2.31. The summed E-state index contributed by atoms with van der Waals surface area (Å²) in [6.45, 7) is 4.24. The minimum atomic E-state index is -0.536. The second kappa shape index (κ2) is 5.64. The molecule has 0 bridgehead atoms. The van der Waals surface area contributed by atoms with Gasteiger partial charge in [0.1, 0.15) is 0 Å². The van der Waals surface area contributed by atoms with E-state index < -0.39 is 5.41 Å². The quantitative estimate of drug-likeness (QED) is 0.708. The molecule has 0 amide bonds. The van der Waals surface area contributed by atoms with E-state index in [9.17, 15) is 9.90 Å². The molecule has 2 unspecified atom stereocenters. The molecular weight excluding hydrogens is 206 g/mol. The standard InChI is InChI=1S/C12H23NO3/c1-12(2,11(15)16-3)8-13-9-6-4-5-7-10(9)14/h9-10,13-14H,4-8H2,1-3H3. The topological polar surface area (TPSA) is 58.6 Å². The second-order valence-electron chi connectivity index (χ2n) is 5.21. The third kappa shape index (κ3) is 3.46. The number of carbonyl (C=O) groups is 1. The first-order valence-corrected chi connectivity index (χ1v) is 5.97. The van der Waals surface area contributed by atoms with E-state index in [0.717, 1.165) is 25.7 Å². The van der Waals surface area contributed by atoms with Crippen molar-refractivity contribution in [1.82, 2.24) is 5.32 Å². The number of aliphatic hydroxyl groups excluding tert-OH is 1. The summed E-state index contributed by atoms with van der Waals surface area (Å²) in [6, 6.07) is 0.123. The Morgan fingerprint density at radius 1 is 1.44 bits per heavy atom. The van der Waals surface area contributed by atoms with Gasteiger partial charge in [-0.15, -0.1) is 0 Å². The number of aliphatic hydroxyl groups is 1. The summed E-state index contributed by atoms with van der Waals surface area (Å²) in [4.78, 5) is 11.5. The van der Waals surface area contributed by atoms with Gasteiger partial charge in [0.05, 0.1) is 18.6 Å². The minimum Gasteiger partial charge on any atom is -0.469 e. The van der Waals surface area contributed by atoms with Gasteiger partial charge in [-0.1, -0.05) is 12.8 Å². The molecule has 1 aliphatic rings. The van der Waals surface area contributed by atoms with Crippen molar-refractivity contribution in [3.05, 3.63) is 0 Å². The Hall–Kier alpha value is -0.610. The second-order valence-corrected chi connectivity index (χ2v) is 5.21. The van der Waals surface area contributed by atoms with E-state index in [-0.39, 0.29) is 18.1 Å². The SMILES string of the molecule is COC(=O)C(C)(C)CNC1CCCCC1O. The third-order valence-corrected chi connectivity index (χ3v) is 3.27. The fourth-order valence-electron chi connectivity index (χ4n) is 2.08. The monoisotopic (exact) mass is 229 g/mol. The molecule has 0 radical (unpaired) electrons. The molecule has 0 aromatic rings. The summed E-state index contributed by atoms with van der Waals surface area (Å²) in [5, 5.41) is 13.1. The van der Waals surface area contributed by atoms with Gasteiger partial charge in [0.25, 0.3) is 0 Å². The van der Waals surface area contributed by atoms with Gasteiger partial charge in [-0.25, -0.2) is 0 Å². The molecule has 2 N–H and O–H groups in total. The summed E-state index contributed by atoms with van der Waals surface area (Å²) < 4.78 is 4.74. The van der Waals surface area contributed by atoms with Gasteiger partial charge in [0, 0.05) is 12.6 Å². The zero-order valence-electron chi connectivity index (χ0n) is 10.5. The summed E-state index contributed by atoms with van der Waals surface area (Å²) in [5.74, 6) is -0.217. The number of hydrogen-bond donors (Lipinski definition) is 2. The van der Waals surface area contributed by atoms with Crippen LogP contribution in [0.25, 0.3) is 0 Å². The van der Waals surface area contributed by atoms with E-state index in [4.69, 9.17) is 4.74 Å². The predicted octanol–water partition coefficient (Wildman–Crippen LogP) is 1.08. The molecule has 1 aliphatic carbocycles. The van der Waals surface area contributed by atoms with Gasteiger partial charge in [-0.3, -0.25) is 4.79 Å². The highest BCUT2D eigenvalue weighted by Gasteiger charge is 2.31. The van der Waals surface area contributed by atoms with E-state index in [1.54, 1.807) is 0 Å². The lowest BCUT2D eigenvalue weighted by atomic mass is 9.89. The maximum atomic E-state index is 11.5. The van der Waals surface area contributed by atoms with E-state index in [0.29, 0.717) is 6.54 Å². The van der Waals surface area contributed by atoms with E-state index in [2.05, 4.69) is 5.32 Å². The Kier molecular flexibility index (Phi) is 4.74. The molecule has 0 spiro atoms. The number of nitrogens with one attached hydrogen (secondary N) is 1. The average molecular weight is 229 g/mol. The molecule has 0 aromatic carbocycles. The molecule has 0 aliphatic heterocycles. The van der Waals surface area contributed by atoms with Gasteiger partial charge in [0.15, 0.2) is 0 Å². The molecule has 0 heterocycles. The van der Waals surface area contributed by atoms with Crippen molar-refractivity contribution >= 4 is 5.97 Å². The smallest absolute Gasteiger partial charge is 0.312 e. The van der Waals surface area contributed by atoms with Gasteiger partial charge in [0.2, 0.25) is 0 Å². The van der Waals surface area contributed by atoms with Crippen molar-refractivity contribution in [3.8, 4) is 0 Å². The van der Waals surface area contributed by atoms with E-state index >= 15 is 0 Å². The fourth-order valence-corrected chi connectivity index (χ4v) is 2.08. The first-order chi connectivity index (χ1) is 7.47. The lowest BCUT2D eigenvalue weighted by Crippen LogP contribution is -2.47. The third-order valence-electron chi connectivity index (χ3n) is 3.27. The highest BCUT2D eigenvalue weighted by molar-refractivity contribution is 5.76. The molecule has 16 heavy (non-hydrogen) atoms. The Morgan fingerprint density at radius 3 is 2.62 bits per heavy atom. The van der Waals surface area contributed by atoms with Gasteiger partial charge in [-0.05, 0) is 26.7 Å². The lowest BCUT2D eigenvalue weighted by molar-refractivity contribution is -0.150. The number of esters is 1. The van der Waals surface area contributed by atoms with Crippen LogP contribution in [0.2, 0.25) is 0 Å². The molecule has 1 rings (SSSR count). The molecule has 1 fully saturated rings. The Balaban J connectivity index is 2.40. The number of methoxy groups -OCH3 is 1. The minimum absolute atomic E-state index is 0.123. The Bertz CT molecular complexity index is 240. The number of carbonyl (C=O) groups excluding carboxylic acids is 1. The zero-order valence-corrected chi connectivity index (χ0v) is 10.5. The fraction of sp³-hybridized carbons (Fsp3) is 0.917. The summed E-state index contributed by atoms with van der Waals surface area (Å²) in [6.07, 6.45) is 3.81. The molecular formula is C12H23NO3. The molecule has 94 valence electrons. The van der Waals surface area contributed by atoms with Crippen LogP contribution in [0.1, 0.15) is 39.5 Å². The van der Waals surface area contributed by atoms with Crippen molar-refractivity contribution in [2.24, 2.45) is 5.41 Å². The molecule has 4 nitrogen and oxygen atoms in total. The van der Waals surface area contributed by atoms with Crippen molar-refractivity contribution < 1.29 is 14.6 Å². The summed E-state index contributed by atoms with van der Waals surface area (Å²) in [5.41, 5.74) is -0.536. The summed E-state index contributed by atoms with van der Waals surface area (Å²) in [7, 11) is 1.40. The van der Waals surface area contributed by atoms with Crippen LogP contribution in [0.4, 0.5) is 0 Å². The zero-order chi connectivity index (χ0) is 12.2. The van der Waals surface area contributed by atoms with Crippen molar-refractivity contribution in [2.75, 3.05) is 13.7 Å². The number of rotatable bonds is 4. The van der Waals surface area contributed by atoms with Crippen molar-refractivity contribution in [2.45, 2.75) is 51.7 Å². The Morgan fingerprint density at radius 2 is 2.06 bits per heavy atom. The number of hydrogen-bond acceptors (Lipinski definition) is 4. The van der Waals surface area contributed by atoms with Gasteiger partial charge >= 0.3 is 5.97 Å². The normalized spacial score (nSPS) is 26.5. The molecule has 2 atom stereocenters. The molecule has 4 heteroatoms. The molecule has 1 saturated carbocycles. The van der Waals surface area contributed by atoms with Crippen LogP contribution in [0, 0.1) is 5.41 Å². The van der Waals surface area contributed by atoms with Crippen molar-refractivity contribution in [1.29, 1.82) is 0 Å². The average Bonchev–Trinajstić information content (AvgIpc) is 2.27. The first-order valence-electron chi connectivity index (χ1n) is 5.97. The van der Waals surface area contributed by atoms with Crippen molar-refractivity contribution in [3.63, 3.8) is 0 Å². The number of ether oxygens (including phenoxy) is 1. The van der Waals surface area contributed by atoms with Crippen LogP contribution in [-0.2, 0) is 9.53 Å². The van der Waals surface area contributed by atoms with Crippen LogP contribution < -0.4 is 5.32 Å². The van der Waals surface area contributed by atoms with Crippen LogP contribution in [0.15, 0.2) is 0 Å². The largest absolute Gasteiger partial charge is 0.469 e.